The van der Waals surface area contributed by atoms with Gasteiger partial charge in [-0.2, -0.15) is 0 Å². The lowest BCUT2D eigenvalue weighted by atomic mass is 10.1. The molecule has 2 atom stereocenters. The minimum absolute atomic E-state index is 0.0319. The van der Waals surface area contributed by atoms with E-state index in [0.717, 1.165) is 25.3 Å². The van der Waals surface area contributed by atoms with Crippen molar-refractivity contribution >= 4 is 5.97 Å². The van der Waals surface area contributed by atoms with Crippen molar-refractivity contribution in [3.63, 3.8) is 0 Å². The summed E-state index contributed by atoms with van der Waals surface area (Å²) >= 11 is 0. The predicted octanol–water partition coefficient (Wildman–Crippen LogP) is 0.966. The van der Waals surface area contributed by atoms with Gasteiger partial charge >= 0.3 is 5.97 Å². The van der Waals surface area contributed by atoms with Gasteiger partial charge in [0.25, 0.3) is 0 Å². The van der Waals surface area contributed by atoms with Crippen molar-refractivity contribution < 1.29 is 9.90 Å². The van der Waals surface area contributed by atoms with Gasteiger partial charge in [-0.1, -0.05) is 13.0 Å². The lowest BCUT2D eigenvalue weighted by Crippen LogP contribution is -2.41. The normalized spacial score (nSPS) is 24.9. The fourth-order valence-electron chi connectivity index (χ4n) is 2.54. The molecule has 5 nitrogen and oxygen atoms in total. The fourth-order valence-corrected chi connectivity index (χ4v) is 2.54. The number of pyridine rings is 1. The first-order valence-electron chi connectivity index (χ1n) is 6.71. The summed E-state index contributed by atoms with van der Waals surface area (Å²) in [6.45, 7) is 5.46. The molecule has 104 valence electrons. The molecule has 1 aromatic rings. The Morgan fingerprint density at radius 1 is 1.53 bits per heavy atom. The molecule has 1 fully saturated rings. The first-order valence-corrected chi connectivity index (χ1v) is 6.71. The predicted molar refractivity (Wildman–Crippen MR) is 72.7 cm³/mol. The molecule has 0 aromatic carbocycles. The molecule has 0 aliphatic carbocycles. The molecule has 0 radical (unpaired) electrons. The van der Waals surface area contributed by atoms with Crippen LogP contribution in [0.3, 0.4) is 0 Å². The zero-order valence-electron chi connectivity index (χ0n) is 11.2. The van der Waals surface area contributed by atoms with Gasteiger partial charge in [-0.25, -0.2) is 0 Å². The van der Waals surface area contributed by atoms with Crippen LogP contribution < -0.4 is 5.32 Å². The third-order valence-corrected chi connectivity index (χ3v) is 3.44. The molecule has 0 amide bonds. The van der Waals surface area contributed by atoms with Gasteiger partial charge in [0.15, 0.2) is 0 Å². The molecule has 5 heteroatoms. The number of nitrogens with zero attached hydrogens (tertiary/aromatic N) is 2. The number of hydrogen-bond donors (Lipinski definition) is 2. The van der Waals surface area contributed by atoms with Crippen LogP contribution in [0.4, 0.5) is 0 Å². The molecule has 2 N–H and O–H groups in total. The van der Waals surface area contributed by atoms with Crippen molar-refractivity contribution in [1.29, 1.82) is 0 Å². The SMILES string of the molecule is CC1CNCC(CC(=O)O)N(Cc2ccccn2)C1. The van der Waals surface area contributed by atoms with Crippen molar-refractivity contribution in [3.8, 4) is 0 Å². The van der Waals surface area contributed by atoms with E-state index >= 15 is 0 Å². The Hall–Kier alpha value is -1.46. The molecule has 1 aliphatic rings. The van der Waals surface area contributed by atoms with E-state index in [2.05, 4.69) is 22.1 Å². The molecule has 0 saturated carbocycles. The molecule has 1 aromatic heterocycles. The van der Waals surface area contributed by atoms with Gasteiger partial charge in [0.05, 0.1) is 12.1 Å². The first kappa shape index (κ1) is 14.0. The van der Waals surface area contributed by atoms with E-state index in [4.69, 9.17) is 5.11 Å². The van der Waals surface area contributed by atoms with Crippen LogP contribution in [0, 0.1) is 5.92 Å². The number of carbonyl (C=O) groups is 1. The molecule has 19 heavy (non-hydrogen) atoms. The summed E-state index contributed by atoms with van der Waals surface area (Å²) in [5.74, 6) is -0.227. The van der Waals surface area contributed by atoms with Crippen molar-refractivity contribution in [2.24, 2.45) is 5.92 Å². The van der Waals surface area contributed by atoms with Gasteiger partial charge in [0.2, 0.25) is 0 Å². The van der Waals surface area contributed by atoms with Crippen LogP contribution in [0.25, 0.3) is 0 Å². The number of hydrogen-bond acceptors (Lipinski definition) is 4. The van der Waals surface area contributed by atoms with Crippen LogP contribution in [0.1, 0.15) is 19.0 Å². The van der Waals surface area contributed by atoms with E-state index in [1.165, 1.54) is 0 Å². The topological polar surface area (TPSA) is 65.5 Å². The quantitative estimate of drug-likeness (QED) is 0.847. The van der Waals surface area contributed by atoms with E-state index in [-0.39, 0.29) is 12.5 Å². The van der Waals surface area contributed by atoms with Gasteiger partial charge in [0.1, 0.15) is 0 Å². The smallest absolute Gasteiger partial charge is 0.304 e. The standard InChI is InChI=1S/C14H21N3O2/c1-11-7-15-8-13(6-14(18)19)17(9-11)10-12-4-2-3-5-16-12/h2-5,11,13,15H,6-10H2,1H3,(H,18,19). The Labute approximate surface area is 113 Å². The molecule has 0 spiro atoms. The highest BCUT2D eigenvalue weighted by atomic mass is 16.4. The molecule has 1 aliphatic heterocycles. The van der Waals surface area contributed by atoms with Gasteiger partial charge in [-0.3, -0.25) is 14.7 Å². The van der Waals surface area contributed by atoms with Crippen LogP contribution in [0.15, 0.2) is 24.4 Å². The second-order valence-electron chi connectivity index (χ2n) is 5.27. The van der Waals surface area contributed by atoms with Crippen molar-refractivity contribution in [1.82, 2.24) is 15.2 Å². The minimum atomic E-state index is -0.743. The number of aliphatic carboxylic acids is 1. The Balaban J connectivity index is 2.08. The highest BCUT2D eigenvalue weighted by molar-refractivity contribution is 5.67. The second-order valence-corrected chi connectivity index (χ2v) is 5.27. The monoisotopic (exact) mass is 263 g/mol. The lowest BCUT2D eigenvalue weighted by Gasteiger charge is -2.29. The maximum Gasteiger partial charge on any atom is 0.304 e. The maximum atomic E-state index is 11.0. The Morgan fingerprint density at radius 3 is 3.05 bits per heavy atom. The average molecular weight is 263 g/mol. The van der Waals surface area contributed by atoms with Crippen molar-refractivity contribution in [2.75, 3.05) is 19.6 Å². The Bertz CT molecular complexity index is 410. The molecular weight excluding hydrogens is 242 g/mol. The second kappa shape index (κ2) is 6.63. The molecule has 0 bridgehead atoms. The zero-order valence-corrected chi connectivity index (χ0v) is 11.2. The fraction of sp³-hybridized carbons (Fsp3) is 0.571. The van der Waals surface area contributed by atoms with Gasteiger partial charge in [-0.05, 0) is 24.6 Å². The summed E-state index contributed by atoms with van der Waals surface area (Å²) < 4.78 is 0. The number of rotatable bonds is 4. The molecule has 1 saturated heterocycles. The maximum absolute atomic E-state index is 11.0. The molecule has 2 heterocycles. The largest absolute Gasteiger partial charge is 0.481 e. The van der Waals surface area contributed by atoms with E-state index in [1.54, 1.807) is 6.20 Å². The minimum Gasteiger partial charge on any atom is -0.481 e. The van der Waals surface area contributed by atoms with Crippen molar-refractivity contribution in [2.45, 2.75) is 25.9 Å². The summed E-state index contributed by atoms with van der Waals surface area (Å²) in [6, 6.07) is 5.88. The van der Waals surface area contributed by atoms with E-state index in [1.807, 2.05) is 18.2 Å². The first-order chi connectivity index (χ1) is 9.15. The number of carboxylic acids is 1. The van der Waals surface area contributed by atoms with E-state index < -0.39 is 5.97 Å². The van der Waals surface area contributed by atoms with Crippen LogP contribution in [-0.4, -0.2) is 46.6 Å². The summed E-state index contributed by atoms with van der Waals surface area (Å²) in [6.07, 6.45) is 1.95. The molecule has 2 unspecified atom stereocenters. The average Bonchev–Trinajstić information content (AvgIpc) is 2.53. The Kier molecular flexibility index (Phi) is 4.87. The van der Waals surface area contributed by atoms with Crippen LogP contribution >= 0.6 is 0 Å². The van der Waals surface area contributed by atoms with Crippen molar-refractivity contribution in [3.05, 3.63) is 30.1 Å². The third-order valence-electron chi connectivity index (χ3n) is 3.44. The summed E-state index contributed by atoms with van der Waals surface area (Å²) in [5.41, 5.74) is 0.993. The molecular formula is C14H21N3O2. The van der Waals surface area contributed by atoms with Gasteiger partial charge < -0.3 is 10.4 Å². The highest BCUT2D eigenvalue weighted by Crippen LogP contribution is 2.14. The van der Waals surface area contributed by atoms with Crippen LogP contribution in [-0.2, 0) is 11.3 Å². The van der Waals surface area contributed by atoms with Gasteiger partial charge in [0, 0.05) is 31.9 Å². The van der Waals surface area contributed by atoms with E-state index in [9.17, 15) is 4.79 Å². The van der Waals surface area contributed by atoms with Crippen LogP contribution in [0.2, 0.25) is 0 Å². The third kappa shape index (κ3) is 4.29. The highest BCUT2D eigenvalue weighted by Gasteiger charge is 2.26. The van der Waals surface area contributed by atoms with Gasteiger partial charge in [-0.15, -0.1) is 0 Å². The summed E-state index contributed by atoms with van der Waals surface area (Å²) in [4.78, 5) is 17.6. The molecule has 2 rings (SSSR count). The summed E-state index contributed by atoms with van der Waals surface area (Å²) in [7, 11) is 0. The summed E-state index contributed by atoms with van der Waals surface area (Å²) in [5, 5.41) is 12.4. The number of carboxylic acid groups (broad SMARTS) is 1. The lowest BCUT2D eigenvalue weighted by molar-refractivity contribution is -0.138. The zero-order chi connectivity index (χ0) is 13.7. The Morgan fingerprint density at radius 2 is 2.37 bits per heavy atom. The number of aromatic nitrogens is 1. The van der Waals surface area contributed by atoms with Crippen LogP contribution in [0.5, 0.6) is 0 Å². The number of nitrogens with one attached hydrogen (secondary N) is 1. The van der Waals surface area contributed by atoms with E-state index in [0.29, 0.717) is 12.5 Å².